The normalized spacial score (nSPS) is 9.00. The highest BCUT2D eigenvalue weighted by molar-refractivity contribution is 5.89. The Balaban J connectivity index is 2.70. The average molecular weight is 219 g/mol. The number of nitro benzene ring substituents is 1. The lowest BCUT2D eigenvalue weighted by atomic mass is 10.2. The van der Waals surface area contributed by atoms with Crippen molar-refractivity contribution in [1.82, 2.24) is 0 Å². The Kier molecular flexibility index (Phi) is 4.00. The number of nitrogens with zero attached hydrogens (tertiary/aromatic N) is 1. The van der Waals surface area contributed by atoms with Crippen molar-refractivity contribution >= 4 is 11.7 Å². The van der Waals surface area contributed by atoms with Crippen LogP contribution in [0, 0.1) is 10.1 Å². The molecule has 0 radical (unpaired) electrons. The maximum atomic E-state index is 11.3. The van der Waals surface area contributed by atoms with Crippen LogP contribution in [-0.2, 0) is 4.74 Å². The second-order valence-corrected chi connectivity index (χ2v) is 2.81. The van der Waals surface area contributed by atoms with Crippen molar-refractivity contribution in [3.63, 3.8) is 0 Å². The van der Waals surface area contributed by atoms with Gasteiger partial charge in [-0.1, -0.05) is 6.58 Å². The molecule has 0 fully saturated rings. The Morgan fingerprint density at radius 1 is 1.50 bits per heavy atom. The summed E-state index contributed by atoms with van der Waals surface area (Å²) >= 11 is 0. The molecule has 0 aromatic heterocycles. The quantitative estimate of drug-likeness (QED) is 0.336. The van der Waals surface area contributed by atoms with E-state index in [9.17, 15) is 14.9 Å². The van der Waals surface area contributed by atoms with Crippen LogP contribution in [0.25, 0.3) is 0 Å². The minimum atomic E-state index is -0.540. The molecule has 1 aromatic rings. The lowest BCUT2D eigenvalue weighted by Crippen LogP contribution is -2.04. The lowest BCUT2D eigenvalue weighted by Gasteiger charge is -2.00. The van der Waals surface area contributed by atoms with Gasteiger partial charge in [0, 0.05) is 12.1 Å². The molecule has 5 nitrogen and oxygen atoms in total. The van der Waals surface area contributed by atoms with E-state index >= 15 is 0 Å². The van der Waals surface area contributed by atoms with E-state index in [-0.39, 0.29) is 17.9 Å². The SMILES string of the molecule is C=C=CCOC(=O)c1ccc([N+](=O)[O-])cc1. The predicted molar refractivity (Wildman–Crippen MR) is 57.1 cm³/mol. The Hall–Kier alpha value is -2.39. The molecule has 1 rings (SSSR count). The van der Waals surface area contributed by atoms with Crippen LogP contribution in [0.4, 0.5) is 5.69 Å². The molecule has 5 heteroatoms. The first kappa shape index (κ1) is 11.7. The third-order valence-corrected chi connectivity index (χ3v) is 1.76. The van der Waals surface area contributed by atoms with Gasteiger partial charge in [0.1, 0.15) is 6.61 Å². The Morgan fingerprint density at radius 3 is 2.62 bits per heavy atom. The lowest BCUT2D eigenvalue weighted by molar-refractivity contribution is -0.384. The fourth-order valence-corrected chi connectivity index (χ4v) is 0.979. The predicted octanol–water partition coefficient (Wildman–Crippen LogP) is 2.09. The zero-order valence-electron chi connectivity index (χ0n) is 8.38. The van der Waals surface area contributed by atoms with E-state index in [1.54, 1.807) is 0 Å². The van der Waals surface area contributed by atoms with Crippen LogP contribution in [0.15, 0.2) is 42.7 Å². The van der Waals surface area contributed by atoms with Crippen molar-refractivity contribution in [1.29, 1.82) is 0 Å². The summed E-state index contributed by atoms with van der Waals surface area (Å²) in [7, 11) is 0. The fourth-order valence-electron chi connectivity index (χ4n) is 0.979. The smallest absolute Gasteiger partial charge is 0.338 e. The van der Waals surface area contributed by atoms with Gasteiger partial charge in [-0.15, -0.1) is 5.73 Å². The van der Waals surface area contributed by atoms with E-state index in [0.29, 0.717) is 0 Å². The average Bonchev–Trinajstić information content (AvgIpc) is 2.29. The maximum absolute atomic E-state index is 11.3. The van der Waals surface area contributed by atoms with Crippen LogP contribution in [0.5, 0.6) is 0 Å². The van der Waals surface area contributed by atoms with Gasteiger partial charge in [-0.3, -0.25) is 10.1 Å². The van der Waals surface area contributed by atoms with Crippen LogP contribution >= 0.6 is 0 Å². The van der Waals surface area contributed by atoms with Crippen LogP contribution in [-0.4, -0.2) is 17.5 Å². The van der Waals surface area contributed by atoms with E-state index in [1.165, 1.54) is 30.3 Å². The molecule has 0 spiro atoms. The van der Waals surface area contributed by atoms with Gasteiger partial charge < -0.3 is 4.74 Å². The Bertz CT molecular complexity index is 444. The highest BCUT2D eigenvalue weighted by atomic mass is 16.6. The molecule has 0 bridgehead atoms. The number of carbonyl (C=O) groups is 1. The third kappa shape index (κ3) is 3.08. The molecule has 0 aliphatic rings. The number of ether oxygens (including phenoxy) is 1. The van der Waals surface area contributed by atoms with Gasteiger partial charge in [0.2, 0.25) is 0 Å². The van der Waals surface area contributed by atoms with Gasteiger partial charge in [-0.05, 0) is 18.2 Å². The fraction of sp³-hybridized carbons (Fsp3) is 0.0909. The molecule has 16 heavy (non-hydrogen) atoms. The van der Waals surface area contributed by atoms with E-state index in [2.05, 4.69) is 12.3 Å². The number of hydrogen-bond donors (Lipinski definition) is 0. The monoisotopic (exact) mass is 219 g/mol. The molecular weight excluding hydrogens is 210 g/mol. The molecule has 0 unspecified atom stereocenters. The summed E-state index contributed by atoms with van der Waals surface area (Å²) in [5.41, 5.74) is 2.66. The standard InChI is InChI=1S/C11H9NO4/c1-2-3-8-16-11(13)9-4-6-10(7-5-9)12(14)15/h3-7H,1,8H2. The number of rotatable bonds is 4. The summed E-state index contributed by atoms with van der Waals surface area (Å²) < 4.78 is 4.80. The summed E-state index contributed by atoms with van der Waals surface area (Å²) in [6.45, 7) is 3.40. The van der Waals surface area contributed by atoms with E-state index < -0.39 is 10.9 Å². The highest BCUT2D eigenvalue weighted by Gasteiger charge is 2.09. The molecule has 82 valence electrons. The summed E-state index contributed by atoms with van der Waals surface area (Å²) in [6, 6.07) is 5.19. The molecule has 0 atom stereocenters. The molecule has 1 aromatic carbocycles. The zero-order valence-corrected chi connectivity index (χ0v) is 8.38. The van der Waals surface area contributed by atoms with Gasteiger partial charge in [0.15, 0.2) is 0 Å². The van der Waals surface area contributed by atoms with Crippen molar-refractivity contribution < 1.29 is 14.5 Å². The summed E-state index contributed by atoms with van der Waals surface area (Å²) in [6.07, 6.45) is 1.46. The number of benzene rings is 1. The number of hydrogen-bond acceptors (Lipinski definition) is 4. The minimum absolute atomic E-state index is 0.0671. The van der Waals surface area contributed by atoms with Crippen molar-refractivity contribution in [2.75, 3.05) is 6.61 Å². The zero-order chi connectivity index (χ0) is 12.0. The van der Waals surface area contributed by atoms with Crippen LogP contribution in [0.1, 0.15) is 10.4 Å². The molecule has 0 amide bonds. The van der Waals surface area contributed by atoms with Crippen LogP contribution in [0.2, 0.25) is 0 Å². The van der Waals surface area contributed by atoms with Gasteiger partial charge in [0.25, 0.3) is 5.69 Å². The first-order valence-electron chi connectivity index (χ1n) is 4.41. The number of esters is 1. The number of carbonyl (C=O) groups excluding carboxylic acids is 1. The molecule has 0 aliphatic carbocycles. The Labute approximate surface area is 91.8 Å². The van der Waals surface area contributed by atoms with E-state index in [4.69, 9.17) is 4.74 Å². The van der Waals surface area contributed by atoms with Crippen molar-refractivity contribution in [2.45, 2.75) is 0 Å². The Morgan fingerprint density at radius 2 is 2.12 bits per heavy atom. The summed E-state index contributed by atoms with van der Waals surface area (Å²) in [5.74, 6) is -0.540. The van der Waals surface area contributed by atoms with Gasteiger partial charge >= 0.3 is 5.97 Å². The summed E-state index contributed by atoms with van der Waals surface area (Å²) in [5, 5.41) is 10.4. The molecule has 0 heterocycles. The highest BCUT2D eigenvalue weighted by Crippen LogP contribution is 2.12. The van der Waals surface area contributed by atoms with Crippen molar-refractivity contribution in [3.8, 4) is 0 Å². The van der Waals surface area contributed by atoms with E-state index in [1.807, 2.05) is 0 Å². The number of non-ortho nitro benzene ring substituents is 1. The van der Waals surface area contributed by atoms with Crippen LogP contribution < -0.4 is 0 Å². The van der Waals surface area contributed by atoms with Crippen molar-refractivity contribution in [2.24, 2.45) is 0 Å². The minimum Gasteiger partial charge on any atom is -0.457 e. The first-order chi connectivity index (χ1) is 7.65. The molecule has 0 N–H and O–H groups in total. The van der Waals surface area contributed by atoms with Gasteiger partial charge in [-0.2, -0.15) is 0 Å². The van der Waals surface area contributed by atoms with Crippen LogP contribution in [0.3, 0.4) is 0 Å². The van der Waals surface area contributed by atoms with Gasteiger partial charge in [0.05, 0.1) is 10.5 Å². The van der Waals surface area contributed by atoms with E-state index in [0.717, 1.165) is 0 Å². The van der Waals surface area contributed by atoms with Gasteiger partial charge in [-0.25, -0.2) is 4.79 Å². The molecular formula is C11H9NO4. The number of nitro groups is 1. The second-order valence-electron chi connectivity index (χ2n) is 2.81. The third-order valence-electron chi connectivity index (χ3n) is 1.76. The summed E-state index contributed by atoms with van der Waals surface area (Å²) in [4.78, 5) is 21.2. The molecule has 0 aliphatic heterocycles. The van der Waals surface area contributed by atoms with Crippen molar-refractivity contribution in [3.05, 3.63) is 58.3 Å². The molecule has 0 saturated carbocycles. The largest absolute Gasteiger partial charge is 0.457 e. The second kappa shape index (κ2) is 5.48. The topological polar surface area (TPSA) is 69.4 Å². The maximum Gasteiger partial charge on any atom is 0.338 e. The first-order valence-corrected chi connectivity index (χ1v) is 4.41. The molecule has 0 saturated heterocycles.